The summed E-state index contributed by atoms with van der Waals surface area (Å²) in [6.45, 7) is 13.4. The number of unbranched alkanes of at least 4 members (excludes halogenated alkanes) is 3. The number of piperazine rings is 1. The van der Waals surface area contributed by atoms with Crippen molar-refractivity contribution in [3.8, 4) is 5.75 Å². The number of hydrogen-bond donors (Lipinski definition) is 4. The summed E-state index contributed by atoms with van der Waals surface area (Å²) < 4.78 is 30.4. The van der Waals surface area contributed by atoms with Gasteiger partial charge in [0.1, 0.15) is 17.1 Å². The first kappa shape index (κ1) is 49.2. The molecule has 354 valence electrons. The maximum atomic E-state index is 12.9. The predicted octanol–water partition coefficient (Wildman–Crippen LogP) is 4.34. The number of carbonyl (C=O) groups is 3. The summed E-state index contributed by atoms with van der Waals surface area (Å²) >= 11 is 1.90. The van der Waals surface area contributed by atoms with Crippen molar-refractivity contribution in [3.05, 3.63) is 47.4 Å². The molecule has 3 aliphatic rings. The third-order valence-corrected chi connectivity index (χ3v) is 13.4. The minimum atomic E-state index is -0.0627. The SMILES string of the molecule is CCCCCNc1nc(C)nc2ccn(Cc3ccc(CN4CCN(C(=O)CCOCCOCCOCCOCCNC(=O)CCCC[C@@H]5SC[C@@H]6NC(=O)NC65)CC4)cc3OC)c12. The van der Waals surface area contributed by atoms with Gasteiger partial charge in [0, 0.05) is 75.0 Å². The Morgan fingerprint density at radius 1 is 0.844 bits per heavy atom. The maximum Gasteiger partial charge on any atom is 0.315 e. The van der Waals surface area contributed by atoms with Crippen LogP contribution < -0.4 is 26.0 Å². The lowest BCUT2D eigenvalue weighted by Crippen LogP contribution is -2.48. The predicted molar refractivity (Wildman–Crippen MR) is 249 cm³/mol. The molecule has 0 spiro atoms. The fourth-order valence-corrected chi connectivity index (χ4v) is 9.92. The van der Waals surface area contributed by atoms with Crippen molar-refractivity contribution in [3.63, 3.8) is 0 Å². The quantitative estimate of drug-likeness (QED) is 0.0549. The van der Waals surface area contributed by atoms with Crippen molar-refractivity contribution >= 4 is 46.5 Å². The monoisotopic (exact) mass is 910 g/mol. The smallest absolute Gasteiger partial charge is 0.315 e. The highest BCUT2D eigenvalue weighted by Gasteiger charge is 2.42. The highest BCUT2D eigenvalue weighted by molar-refractivity contribution is 8.00. The van der Waals surface area contributed by atoms with Crippen molar-refractivity contribution in [1.82, 2.24) is 40.3 Å². The molecule has 0 aliphatic carbocycles. The number of rotatable bonds is 30. The zero-order valence-corrected chi connectivity index (χ0v) is 39.0. The molecule has 3 fully saturated rings. The molecule has 2 aromatic heterocycles. The van der Waals surface area contributed by atoms with E-state index >= 15 is 0 Å². The third-order valence-electron chi connectivity index (χ3n) is 11.8. The van der Waals surface area contributed by atoms with Crippen LogP contribution in [0.15, 0.2) is 30.5 Å². The summed E-state index contributed by atoms with van der Waals surface area (Å²) in [5, 5.41) is 12.9. The number of thioether (sulfide) groups is 1. The maximum absolute atomic E-state index is 12.9. The molecule has 0 bridgehead atoms. The molecule has 3 aromatic rings. The van der Waals surface area contributed by atoms with Gasteiger partial charge in [-0.3, -0.25) is 14.5 Å². The first-order chi connectivity index (χ1) is 31.3. The summed E-state index contributed by atoms with van der Waals surface area (Å²) in [7, 11) is 1.72. The molecule has 4 N–H and O–H groups in total. The summed E-state index contributed by atoms with van der Waals surface area (Å²) in [4.78, 5) is 50.3. The van der Waals surface area contributed by atoms with E-state index in [1.54, 1.807) is 7.11 Å². The Kier molecular flexibility index (Phi) is 20.5. The fraction of sp³-hybridized carbons (Fsp3) is 0.674. The summed E-state index contributed by atoms with van der Waals surface area (Å²) in [5.74, 6) is 3.60. The van der Waals surface area contributed by atoms with Crippen LogP contribution in [0.5, 0.6) is 5.75 Å². The number of ether oxygens (including phenoxy) is 5. The standard InChI is InChI=1S/C46H71N9O8S/c1-4-5-8-15-48-45-44-37(49-34(2)50-45)13-17-55(44)32-36-12-11-35(30-39(36)59-3)31-53-18-20-54(21-19-53)42(57)14-22-60-24-26-62-28-29-63-27-25-61-23-16-47-41(56)10-7-6-9-40-43-38(33-64-40)51-46(58)52-43/h11-13,17,30,38,40,43H,4-10,14-16,18-29,31-33H2,1-3H3,(H,47,56)(H,48,49,50)(H2,51,52,58)/t38-,40-,43?/m0/s1. The zero-order valence-electron chi connectivity index (χ0n) is 38.2. The van der Waals surface area contributed by atoms with E-state index in [0.29, 0.717) is 97.1 Å². The lowest BCUT2D eigenvalue weighted by Gasteiger charge is -2.35. The molecule has 5 heterocycles. The van der Waals surface area contributed by atoms with Crippen LogP contribution in [0.4, 0.5) is 10.6 Å². The van der Waals surface area contributed by atoms with Gasteiger partial charge >= 0.3 is 6.03 Å². The minimum Gasteiger partial charge on any atom is -0.496 e. The zero-order chi connectivity index (χ0) is 44.9. The van der Waals surface area contributed by atoms with Gasteiger partial charge in [0.2, 0.25) is 11.8 Å². The molecule has 64 heavy (non-hydrogen) atoms. The van der Waals surface area contributed by atoms with Crippen molar-refractivity contribution < 1.29 is 38.1 Å². The number of benzene rings is 1. The normalized spacial score (nSPS) is 18.6. The number of nitrogens with zero attached hydrogens (tertiary/aromatic N) is 5. The van der Waals surface area contributed by atoms with E-state index < -0.39 is 0 Å². The van der Waals surface area contributed by atoms with Gasteiger partial charge in [-0.2, -0.15) is 11.8 Å². The molecule has 0 radical (unpaired) electrons. The molecule has 4 amide bonds. The van der Waals surface area contributed by atoms with E-state index in [4.69, 9.17) is 28.7 Å². The topological polar surface area (TPSA) is 183 Å². The molecule has 3 saturated heterocycles. The lowest BCUT2D eigenvalue weighted by atomic mass is 10.0. The molecule has 1 aromatic carbocycles. The number of aromatic nitrogens is 3. The second-order valence-electron chi connectivity index (χ2n) is 16.7. The molecule has 1 unspecified atom stereocenters. The Labute approximate surface area is 382 Å². The Morgan fingerprint density at radius 2 is 1.59 bits per heavy atom. The van der Waals surface area contributed by atoms with Gasteiger partial charge in [-0.1, -0.05) is 38.3 Å². The summed E-state index contributed by atoms with van der Waals surface area (Å²) in [6.07, 6.45) is 9.20. The Morgan fingerprint density at radius 3 is 2.34 bits per heavy atom. The van der Waals surface area contributed by atoms with Gasteiger partial charge in [0.15, 0.2) is 5.82 Å². The van der Waals surface area contributed by atoms with Crippen molar-refractivity contribution in [2.75, 3.05) is 110 Å². The van der Waals surface area contributed by atoms with Crippen LogP contribution in [0, 0.1) is 6.92 Å². The molecule has 3 aliphatic heterocycles. The average molecular weight is 910 g/mol. The third kappa shape index (κ3) is 15.5. The molecule has 0 saturated carbocycles. The Bertz CT molecular complexity index is 1910. The van der Waals surface area contributed by atoms with Crippen molar-refractivity contribution in [2.24, 2.45) is 0 Å². The van der Waals surface area contributed by atoms with Gasteiger partial charge in [-0.25, -0.2) is 14.8 Å². The molecule has 6 rings (SSSR count). The van der Waals surface area contributed by atoms with Crippen LogP contribution in [0.3, 0.4) is 0 Å². The Hall–Kier alpha value is -4.20. The van der Waals surface area contributed by atoms with Crippen LogP contribution in [0.2, 0.25) is 0 Å². The number of anilines is 1. The number of nitrogens with one attached hydrogen (secondary N) is 4. The van der Waals surface area contributed by atoms with Crippen LogP contribution in [0.1, 0.15) is 75.2 Å². The van der Waals surface area contributed by atoms with Gasteiger partial charge in [-0.15, -0.1) is 0 Å². The number of methoxy groups -OCH3 is 1. The van der Waals surface area contributed by atoms with E-state index in [1.165, 1.54) is 18.4 Å². The summed E-state index contributed by atoms with van der Waals surface area (Å²) in [5.41, 5.74) is 4.20. The molecular formula is C46H71N9O8S. The first-order valence-electron chi connectivity index (χ1n) is 23.3. The van der Waals surface area contributed by atoms with E-state index in [9.17, 15) is 14.4 Å². The van der Waals surface area contributed by atoms with Crippen LogP contribution >= 0.6 is 11.8 Å². The van der Waals surface area contributed by atoms with Gasteiger partial charge in [0.05, 0.1) is 90.5 Å². The molecule has 17 nitrogen and oxygen atoms in total. The number of urea groups is 1. The van der Waals surface area contributed by atoms with E-state index in [-0.39, 0.29) is 29.9 Å². The lowest BCUT2D eigenvalue weighted by molar-refractivity contribution is -0.134. The highest BCUT2D eigenvalue weighted by Crippen LogP contribution is 2.33. The van der Waals surface area contributed by atoms with E-state index in [1.807, 2.05) is 23.6 Å². The van der Waals surface area contributed by atoms with Gasteiger partial charge < -0.3 is 54.4 Å². The van der Waals surface area contributed by atoms with Gasteiger partial charge in [-0.05, 0) is 43.9 Å². The minimum absolute atomic E-state index is 0.0383. The van der Waals surface area contributed by atoms with Crippen molar-refractivity contribution in [2.45, 2.75) is 95.6 Å². The molecule has 3 atom stereocenters. The first-order valence-corrected chi connectivity index (χ1v) is 24.4. The highest BCUT2D eigenvalue weighted by atomic mass is 32.2. The molecular weight excluding hydrogens is 839 g/mol. The second-order valence-corrected chi connectivity index (χ2v) is 17.9. The average Bonchev–Trinajstić information content (AvgIpc) is 3.99. The number of carbonyl (C=O) groups excluding carboxylic acids is 3. The molecule has 18 heteroatoms. The number of aryl methyl sites for hydroxylation is 1. The number of amides is 4. The Balaban J connectivity index is 0.741. The number of hydrogen-bond acceptors (Lipinski definition) is 13. The van der Waals surface area contributed by atoms with Crippen LogP contribution in [-0.2, 0) is 41.6 Å². The van der Waals surface area contributed by atoms with Crippen molar-refractivity contribution in [1.29, 1.82) is 0 Å². The second kappa shape index (κ2) is 26.7. The largest absolute Gasteiger partial charge is 0.496 e. The van der Waals surface area contributed by atoms with E-state index in [0.717, 1.165) is 91.6 Å². The van der Waals surface area contributed by atoms with E-state index in [2.05, 4.69) is 73.1 Å². The number of fused-ring (bicyclic) bond motifs is 2. The van der Waals surface area contributed by atoms with Crippen LogP contribution in [0.25, 0.3) is 11.0 Å². The van der Waals surface area contributed by atoms with Gasteiger partial charge in [0.25, 0.3) is 0 Å². The van der Waals surface area contributed by atoms with Crippen LogP contribution in [-0.4, -0.2) is 165 Å². The fourth-order valence-electron chi connectivity index (χ4n) is 8.38. The summed E-state index contributed by atoms with van der Waals surface area (Å²) in [6, 6.07) is 8.90.